The monoisotopic (exact) mass is 796 g/mol. The van der Waals surface area contributed by atoms with Crippen molar-refractivity contribution in [3.05, 3.63) is 126 Å². The van der Waals surface area contributed by atoms with Gasteiger partial charge in [0.1, 0.15) is 0 Å². The molecule has 5 aromatic rings. The Morgan fingerprint density at radius 1 is 0.848 bits per heavy atom. The average Bonchev–Trinajstić information content (AvgIpc) is 3.69. The molecule has 2 fully saturated rings. The molecule has 235 valence electrons. The number of nitriles is 1. The third-order valence-electron chi connectivity index (χ3n) is 9.49. The van der Waals surface area contributed by atoms with Gasteiger partial charge in [-0.15, -0.1) is 59.7 Å². The van der Waals surface area contributed by atoms with Crippen molar-refractivity contribution in [1.29, 1.82) is 5.26 Å². The number of nitrogens with zero attached hydrogens (tertiary/aromatic N) is 3. The summed E-state index contributed by atoms with van der Waals surface area (Å²) in [7, 11) is -1.37. The Morgan fingerprint density at radius 3 is 2.26 bits per heavy atom. The topological polar surface area (TPSA) is 49.6 Å². The van der Waals surface area contributed by atoms with Gasteiger partial charge in [0.05, 0.1) is 8.07 Å². The molecule has 3 nitrogen and oxygen atoms in total. The van der Waals surface area contributed by atoms with Crippen LogP contribution < -0.4 is 5.19 Å². The molecule has 1 radical (unpaired) electrons. The van der Waals surface area contributed by atoms with Crippen molar-refractivity contribution in [2.24, 2.45) is 17.8 Å². The van der Waals surface area contributed by atoms with Crippen molar-refractivity contribution < 1.29 is 20.1 Å². The molecule has 0 N–H and O–H groups in total. The molecule has 46 heavy (non-hydrogen) atoms. The van der Waals surface area contributed by atoms with Crippen LogP contribution in [0.4, 0.5) is 0 Å². The molecule has 2 bridgehead atoms. The summed E-state index contributed by atoms with van der Waals surface area (Å²) in [6.07, 6.45) is 11.2. The summed E-state index contributed by atoms with van der Waals surface area (Å²) in [5, 5.41) is 10.9. The molecule has 0 saturated heterocycles. The number of aryl methyl sites for hydroxylation is 1. The molecule has 0 amide bonds. The third kappa shape index (κ3) is 7.81. The van der Waals surface area contributed by atoms with Crippen LogP contribution in [0.3, 0.4) is 0 Å². The fourth-order valence-electron chi connectivity index (χ4n) is 7.17. The van der Waals surface area contributed by atoms with E-state index < -0.39 is 8.07 Å². The van der Waals surface area contributed by atoms with Gasteiger partial charge in [-0.1, -0.05) is 85.7 Å². The molecule has 2 aromatic heterocycles. The summed E-state index contributed by atoms with van der Waals surface area (Å²) in [5.41, 5.74) is 9.23. The van der Waals surface area contributed by atoms with Crippen LogP contribution >= 0.6 is 0 Å². The Bertz CT molecular complexity index is 1790. The Morgan fingerprint density at radius 2 is 1.63 bits per heavy atom. The van der Waals surface area contributed by atoms with Gasteiger partial charge in [-0.05, 0) is 83.6 Å². The average molecular weight is 796 g/mol. The molecular formula is C41H41IrN3Si-2. The maximum atomic E-state index is 9.29. The Labute approximate surface area is 289 Å². The summed E-state index contributed by atoms with van der Waals surface area (Å²) < 4.78 is 0. The van der Waals surface area contributed by atoms with Gasteiger partial charge in [-0.2, -0.15) is 0 Å². The molecule has 7 rings (SSSR count). The van der Waals surface area contributed by atoms with Crippen LogP contribution in [0.25, 0.3) is 33.6 Å². The van der Waals surface area contributed by atoms with Crippen LogP contribution in [0.15, 0.2) is 97.3 Å². The maximum absolute atomic E-state index is 9.29. The summed E-state index contributed by atoms with van der Waals surface area (Å²) in [6.45, 7) is 9.35. The summed E-state index contributed by atoms with van der Waals surface area (Å²) in [4.78, 5) is 9.23. The number of rotatable bonds is 6. The van der Waals surface area contributed by atoms with E-state index in [1.165, 1.54) is 32.1 Å². The Kier molecular flexibility index (Phi) is 10.8. The van der Waals surface area contributed by atoms with Crippen molar-refractivity contribution in [3.8, 4) is 39.7 Å². The molecule has 0 spiro atoms. The normalized spacial score (nSPS) is 18.2. The first-order valence-corrected chi connectivity index (χ1v) is 19.7. The van der Waals surface area contributed by atoms with Gasteiger partial charge in [0.2, 0.25) is 0 Å². The fraction of sp³-hybridized carbons (Fsp3) is 0.293. The second-order valence-electron chi connectivity index (χ2n) is 13.8. The fourth-order valence-corrected chi connectivity index (χ4v) is 8.76. The van der Waals surface area contributed by atoms with Gasteiger partial charge in [0.25, 0.3) is 0 Å². The summed E-state index contributed by atoms with van der Waals surface area (Å²) in [5.74, 6) is 2.93. The van der Waals surface area contributed by atoms with E-state index in [1.54, 1.807) is 16.8 Å². The largest absolute Gasteiger partial charge is 0.305 e. The Balaban J connectivity index is 0.000000179. The second kappa shape index (κ2) is 14.8. The van der Waals surface area contributed by atoms with Crippen LogP contribution in [0.2, 0.25) is 19.6 Å². The molecule has 0 aliphatic heterocycles. The zero-order valence-electron chi connectivity index (χ0n) is 27.2. The van der Waals surface area contributed by atoms with Crippen molar-refractivity contribution in [3.63, 3.8) is 0 Å². The zero-order chi connectivity index (χ0) is 31.4. The van der Waals surface area contributed by atoms with Gasteiger partial charge in [0.15, 0.2) is 0 Å². The number of fused-ring (bicyclic) bond motifs is 2. The van der Waals surface area contributed by atoms with E-state index in [9.17, 15) is 5.26 Å². The van der Waals surface area contributed by atoms with Crippen molar-refractivity contribution >= 4 is 13.3 Å². The van der Waals surface area contributed by atoms with Crippen LogP contribution in [-0.4, -0.2) is 18.0 Å². The van der Waals surface area contributed by atoms with E-state index in [0.29, 0.717) is 5.56 Å². The van der Waals surface area contributed by atoms with Crippen LogP contribution in [0, 0.1) is 48.1 Å². The summed E-state index contributed by atoms with van der Waals surface area (Å²) in [6, 6.07) is 36.9. The minimum Gasteiger partial charge on any atom is -0.305 e. The third-order valence-corrected chi connectivity index (χ3v) is 11.6. The van der Waals surface area contributed by atoms with E-state index in [4.69, 9.17) is 4.98 Å². The number of hydrogen-bond donors (Lipinski definition) is 0. The first-order valence-electron chi connectivity index (χ1n) is 16.2. The number of benzene rings is 3. The van der Waals surface area contributed by atoms with Crippen LogP contribution in [-0.2, 0) is 26.5 Å². The number of pyridine rings is 2. The standard InChI is InChI=1S/C22H28NSi.C19H13N2.Ir/c1-24(2,3)22-15-23-21(17-7-5-4-6-8-17)14-20(22)13-19-12-16-9-10-18(19)11-16;1-14-7-10-19(21-13-14)16-8-9-17(12-20)18(11-16)15-5-3-2-4-6-15;/h4-7,14-16,18-19H,9-13H2,1-3H3;2-7,9-11,13H,1H3;/q2*-1;. The smallest absolute Gasteiger partial charge is 0.0798 e. The molecule has 3 unspecified atom stereocenters. The van der Waals surface area contributed by atoms with Crippen molar-refractivity contribution in [2.75, 3.05) is 0 Å². The molecule has 2 aliphatic rings. The molecule has 2 aliphatic carbocycles. The summed E-state index contributed by atoms with van der Waals surface area (Å²) >= 11 is 0. The number of aromatic nitrogens is 2. The first kappa shape index (κ1) is 33.7. The van der Waals surface area contributed by atoms with E-state index in [0.717, 1.165) is 57.0 Å². The quantitative estimate of drug-likeness (QED) is 0.127. The molecule has 5 heteroatoms. The van der Waals surface area contributed by atoms with Crippen LogP contribution in [0.5, 0.6) is 0 Å². The molecule has 2 heterocycles. The van der Waals surface area contributed by atoms with E-state index in [2.05, 4.69) is 67.2 Å². The van der Waals surface area contributed by atoms with Crippen molar-refractivity contribution in [2.45, 2.75) is 58.7 Å². The van der Waals surface area contributed by atoms with Gasteiger partial charge in [0, 0.05) is 38.6 Å². The van der Waals surface area contributed by atoms with E-state index in [-0.39, 0.29) is 20.1 Å². The second-order valence-corrected chi connectivity index (χ2v) is 18.8. The first-order chi connectivity index (χ1) is 21.8. The molecular weight excluding hydrogens is 755 g/mol. The maximum Gasteiger partial charge on any atom is 0.0798 e. The van der Waals surface area contributed by atoms with E-state index >= 15 is 0 Å². The van der Waals surface area contributed by atoms with E-state index in [1.807, 2.05) is 73.8 Å². The molecule has 2 saturated carbocycles. The van der Waals surface area contributed by atoms with Gasteiger partial charge < -0.3 is 9.97 Å². The minimum absolute atomic E-state index is 0. The number of hydrogen-bond acceptors (Lipinski definition) is 3. The van der Waals surface area contributed by atoms with Crippen LogP contribution in [0.1, 0.15) is 42.4 Å². The minimum atomic E-state index is -1.37. The van der Waals surface area contributed by atoms with Crippen molar-refractivity contribution in [1.82, 2.24) is 9.97 Å². The molecule has 3 atom stereocenters. The predicted molar refractivity (Wildman–Crippen MR) is 188 cm³/mol. The Hall–Kier alpha value is -3.68. The SMILES string of the molecule is C[Si](C)(C)c1cnc(-c2[c-]cccc2)cc1CC1CC2CCC1C2.Cc1ccc(-c2[c-]cc(C#N)c(-c3ccccc3)c2)nc1.[Ir]. The van der Waals surface area contributed by atoms with Gasteiger partial charge in [-0.3, -0.25) is 0 Å². The van der Waals surface area contributed by atoms with Gasteiger partial charge >= 0.3 is 0 Å². The molecule has 3 aromatic carbocycles. The predicted octanol–water partition coefficient (Wildman–Crippen LogP) is 9.47. The van der Waals surface area contributed by atoms with Gasteiger partial charge in [-0.25, -0.2) is 5.26 Å². The zero-order valence-corrected chi connectivity index (χ0v) is 30.6.